The van der Waals surface area contributed by atoms with Crippen LogP contribution in [0.5, 0.6) is 0 Å². The van der Waals surface area contributed by atoms with E-state index in [0.717, 1.165) is 38.5 Å². The summed E-state index contributed by atoms with van der Waals surface area (Å²) in [7, 11) is -7.78. The van der Waals surface area contributed by atoms with Crippen molar-refractivity contribution in [2.75, 3.05) is 11.9 Å². The minimum Gasteiger partial charge on any atom is -0.325 e. The average molecular weight is 534 g/mol. The molecule has 196 valence electrons. The van der Waals surface area contributed by atoms with E-state index in [4.69, 9.17) is 0 Å². The van der Waals surface area contributed by atoms with Gasteiger partial charge in [-0.25, -0.2) is 21.6 Å². The van der Waals surface area contributed by atoms with Gasteiger partial charge >= 0.3 is 0 Å². The summed E-state index contributed by atoms with van der Waals surface area (Å²) in [6.45, 7) is 1.75. The lowest BCUT2D eigenvalue weighted by Crippen LogP contribution is -2.43. The molecule has 0 saturated heterocycles. The van der Waals surface area contributed by atoms with Gasteiger partial charge in [-0.1, -0.05) is 50.8 Å². The molecule has 2 aliphatic rings. The van der Waals surface area contributed by atoms with E-state index in [1.54, 1.807) is 24.3 Å². The predicted octanol–water partition coefficient (Wildman–Crippen LogP) is 4.12. The largest absolute Gasteiger partial charge is 0.325 e. The lowest BCUT2D eigenvalue weighted by atomic mass is 9.87. The van der Waals surface area contributed by atoms with Crippen LogP contribution in [0.2, 0.25) is 0 Å². The molecule has 2 aromatic rings. The van der Waals surface area contributed by atoms with Gasteiger partial charge in [-0.3, -0.25) is 4.79 Å². The molecule has 2 aliphatic carbocycles. The standard InChI is InChI=1S/C26H35N3O5S2/c1-20-9-5-8-14-25(20)28-35(31,32)23-15-17-24(18-16-23)36(33,34)29(22-12-6-7-13-22)19-26(30)27-21-10-3-2-4-11-21/h2-4,10-11,15-18,20,22,25,28H,5-9,12-14,19H2,1H3,(H,27,30)/t20-,25-/m1/s1. The van der Waals surface area contributed by atoms with Crippen LogP contribution in [0.3, 0.4) is 0 Å². The number of amides is 1. The van der Waals surface area contributed by atoms with Crippen molar-refractivity contribution in [3.05, 3.63) is 54.6 Å². The van der Waals surface area contributed by atoms with Crippen LogP contribution in [0.4, 0.5) is 5.69 Å². The van der Waals surface area contributed by atoms with Crippen molar-refractivity contribution in [2.45, 2.75) is 80.2 Å². The minimum absolute atomic E-state index is 0.0214. The molecule has 2 N–H and O–H groups in total. The summed E-state index contributed by atoms with van der Waals surface area (Å²) in [4.78, 5) is 12.8. The van der Waals surface area contributed by atoms with Crippen molar-refractivity contribution in [1.29, 1.82) is 0 Å². The molecule has 8 nitrogen and oxygen atoms in total. The van der Waals surface area contributed by atoms with E-state index < -0.39 is 26.0 Å². The van der Waals surface area contributed by atoms with E-state index >= 15 is 0 Å². The quantitative estimate of drug-likeness (QED) is 0.504. The highest BCUT2D eigenvalue weighted by molar-refractivity contribution is 7.89. The second-order valence-electron chi connectivity index (χ2n) is 9.86. The van der Waals surface area contributed by atoms with Gasteiger partial charge in [0.05, 0.1) is 16.3 Å². The first kappa shape index (κ1) is 26.8. The number of para-hydroxylation sites is 1. The molecule has 0 heterocycles. The third kappa shape index (κ3) is 6.34. The zero-order chi connectivity index (χ0) is 25.8. The van der Waals surface area contributed by atoms with Crippen LogP contribution in [0.25, 0.3) is 0 Å². The zero-order valence-electron chi connectivity index (χ0n) is 20.6. The summed E-state index contributed by atoms with van der Waals surface area (Å²) >= 11 is 0. The van der Waals surface area contributed by atoms with Gasteiger partial charge in [0.25, 0.3) is 0 Å². The smallest absolute Gasteiger partial charge is 0.243 e. The average Bonchev–Trinajstić information content (AvgIpc) is 3.39. The van der Waals surface area contributed by atoms with Crippen LogP contribution in [0.1, 0.15) is 58.3 Å². The number of carbonyl (C=O) groups is 1. The third-order valence-corrected chi connectivity index (χ3v) is 10.7. The molecule has 0 bridgehead atoms. The van der Waals surface area contributed by atoms with Crippen LogP contribution < -0.4 is 10.0 Å². The first-order chi connectivity index (χ1) is 17.2. The van der Waals surface area contributed by atoms with Gasteiger partial charge in [0.15, 0.2) is 0 Å². The molecule has 0 radical (unpaired) electrons. The Kier molecular flexibility index (Phi) is 8.49. The van der Waals surface area contributed by atoms with Crippen molar-refractivity contribution in [3.63, 3.8) is 0 Å². The second kappa shape index (κ2) is 11.4. The van der Waals surface area contributed by atoms with Crippen LogP contribution in [0.15, 0.2) is 64.4 Å². The fraction of sp³-hybridized carbons (Fsp3) is 0.500. The van der Waals surface area contributed by atoms with Gasteiger partial charge in [0, 0.05) is 17.8 Å². The molecular formula is C26H35N3O5S2. The summed E-state index contributed by atoms with van der Waals surface area (Å²) in [6, 6.07) is 13.8. The third-order valence-electron chi connectivity index (χ3n) is 7.25. The number of anilines is 1. The Morgan fingerprint density at radius 2 is 1.42 bits per heavy atom. The number of sulfonamides is 2. The molecule has 36 heavy (non-hydrogen) atoms. The highest BCUT2D eigenvalue weighted by atomic mass is 32.2. The fourth-order valence-corrected chi connectivity index (χ4v) is 8.17. The highest BCUT2D eigenvalue weighted by Gasteiger charge is 2.35. The Morgan fingerprint density at radius 1 is 0.833 bits per heavy atom. The van der Waals surface area contributed by atoms with Crippen LogP contribution >= 0.6 is 0 Å². The van der Waals surface area contributed by atoms with Crippen molar-refractivity contribution in [3.8, 4) is 0 Å². The van der Waals surface area contributed by atoms with Gasteiger partial charge in [-0.15, -0.1) is 0 Å². The van der Waals surface area contributed by atoms with Crippen LogP contribution in [0, 0.1) is 5.92 Å². The van der Waals surface area contributed by atoms with E-state index in [0.29, 0.717) is 18.5 Å². The highest BCUT2D eigenvalue weighted by Crippen LogP contribution is 2.30. The van der Waals surface area contributed by atoms with Crippen molar-refractivity contribution in [2.24, 2.45) is 5.92 Å². The molecule has 2 fully saturated rings. The number of benzene rings is 2. The second-order valence-corrected chi connectivity index (χ2v) is 13.5. The molecule has 0 unspecified atom stereocenters. The Balaban J connectivity index is 1.52. The lowest BCUT2D eigenvalue weighted by Gasteiger charge is -2.29. The van der Waals surface area contributed by atoms with Crippen molar-refractivity contribution < 1.29 is 21.6 Å². The normalized spacial score (nSPS) is 21.5. The number of nitrogens with zero attached hydrogens (tertiary/aromatic N) is 1. The maximum absolute atomic E-state index is 13.6. The number of hydrogen-bond donors (Lipinski definition) is 2. The van der Waals surface area contributed by atoms with Crippen molar-refractivity contribution >= 4 is 31.6 Å². The molecule has 4 rings (SSSR count). The van der Waals surface area contributed by atoms with Crippen LogP contribution in [-0.2, 0) is 24.8 Å². The number of rotatable bonds is 9. The van der Waals surface area contributed by atoms with Gasteiger partial charge in [0.2, 0.25) is 26.0 Å². The molecule has 0 aromatic heterocycles. The fourth-order valence-electron chi connectivity index (χ4n) is 5.15. The zero-order valence-corrected chi connectivity index (χ0v) is 22.2. The van der Waals surface area contributed by atoms with Gasteiger partial charge in [-0.2, -0.15) is 4.31 Å². The number of hydrogen-bond acceptors (Lipinski definition) is 5. The summed E-state index contributed by atoms with van der Waals surface area (Å²) < 4.78 is 57.2. The summed E-state index contributed by atoms with van der Waals surface area (Å²) in [6.07, 6.45) is 7.06. The molecule has 2 saturated carbocycles. The molecule has 2 atom stereocenters. The van der Waals surface area contributed by atoms with Gasteiger partial charge < -0.3 is 5.32 Å². The SMILES string of the molecule is C[C@@H]1CCCC[C@H]1NS(=O)(=O)c1ccc(S(=O)(=O)N(CC(=O)Nc2ccccc2)C2CCCC2)cc1. The molecule has 0 aliphatic heterocycles. The summed E-state index contributed by atoms with van der Waals surface area (Å²) in [5.74, 6) is -0.156. The molecular weight excluding hydrogens is 498 g/mol. The van der Waals surface area contributed by atoms with Gasteiger partial charge in [-0.05, 0) is 68.0 Å². The Bertz CT molecular complexity index is 1240. The maximum atomic E-state index is 13.6. The molecule has 1 amide bonds. The van der Waals surface area contributed by atoms with E-state index in [-0.39, 0.29) is 34.3 Å². The summed E-state index contributed by atoms with van der Waals surface area (Å²) in [5.41, 5.74) is 0.598. The minimum atomic E-state index is -4.01. The first-order valence-corrected chi connectivity index (χ1v) is 15.6. The molecule has 0 spiro atoms. The molecule has 10 heteroatoms. The topological polar surface area (TPSA) is 113 Å². The Morgan fingerprint density at radius 3 is 2.06 bits per heavy atom. The van der Waals surface area contributed by atoms with Crippen LogP contribution in [-0.4, -0.2) is 45.7 Å². The lowest BCUT2D eigenvalue weighted by molar-refractivity contribution is -0.116. The Hall–Kier alpha value is -2.27. The van der Waals surface area contributed by atoms with Gasteiger partial charge in [0.1, 0.15) is 0 Å². The van der Waals surface area contributed by atoms with Crippen molar-refractivity contribution in [1.82, 2.24) is 9.03 Å². The number of nitrogens with one attached hydrogen (secondary N) is 2. The van der Waals surface area contributed by atoms with E-state index in [9.17, 15) is 21.6 Å². The number of carbonyl (C=O) groups excluding carboxylic acids is 1. The summed E-state index contributed by atoms with van der Waals surface area (Å²) in [5, 5.41) is 2.76. The monoisotopic (exact) mass is 533 g/mol. The maximum Gasteiger partial charge on any atom is 0.243 e. The Labute approximate surface area is 214 Å². The first-order valence-electron chi connectivity index (χ1n) is 12.7. The van der Waals surface area contributed by atoms with E-state index in [2.05, 4.69) is 10.0 Å². The predicted molar refractivity (Wildman–Crippen MR) is 139 cm³/mol. The van der Waals surface area contributed by atoms with E-state index in [1.165, 1.54) is 28.6 Å². The molecule has 2 aromatic carbocycles. The van der Waals surface area contributed by atoms with E-state index in [1.807, 2.05) is 13.0 Å².